The maximum Gasteiger partial charge on any atom is 0.334 e. The van der Waals surface area contributed by atoms with Crippen molar-refractivity contribution in [2.45, 2.75) is 39.5 Å². The number of piperidine rings is 1. The van der Waals surface area contributed by atoms with Gasteiger partial charge >= 0.3 is 17.8 Å². The SMILES string of the molecule is CCCCN1C(=O)C(=O)N(CC(=O)Nc2ccc(N3CCC(C)CC3)cc2)C1=O. The molecule has 29 heavy (non-hydrogen) atoms. The van der Waals surface area contributed by atoms with E-state index in [2.05, 4.69) is 17.1 Å². The third-order valence-electron chi connectivity index (χ3n) is 5.47. The average molecular weight is 400 g/mol. The van der Waals surface area contributed by atoms with E-state index in [-0.39, 0.29) is 6.54 Å². The first kappa shape index (κ1) is 20.8. The number of nitrogens with zero attached hydrogens (tertiary/aromatic N) is 3. The van der Waals surface area contributed by atoms with Gasteiger partial charge in [0.15, 0.2) is 0 Å². The monoisotopic (exact) mass is 400 g/mol. The van der Waals surface area contributed by atoms with Crippen molar-refractivity contribution < 1.29 is 19.2 Å². The Bertz CT molecular complexity index is 784. The summed E-state index contributed by atoms with van der Waals surface area (Å²) in [7, 11) is 0. The molecule has 1 aromatic carbocycles. The fourth-order valence-electron chi connectivity index (χ4n) is 3.57. The molecule has 2 heterocycles. The zero-order valence-electron chi connectivity index (χ0n) is 17.0. The first-order valence-corrected chi connectivity index (χ1v) is 10.2. The van der Waals surface area contributed by atoms with Crippen molar-refractivity contribution in [1.82, 2.24) is 9.80 Å². The highest BCUT2D eigenvalue weighted by atomic mass is 16.2. The molecule has 0 atom stereocenters. The van der Waals surface area contributed by atoms with Crippen LogP contribution >= 0.6 is 0 Å². The van der Waals surface area contributed by atoms with Crippen LogP contribution in [0.1, 0.15) is 39.5 Å². The summed E-state index contributed by atoms with van der Waals surface area (Å²) >= 11 is 0. The predicted molar refractivity (Wildman–Crippen MR) is 109 cm³/mol. The molecular formula is C21H28N4O4. The summed E-state index contributed by atoms with van der Waals surface area (Å²) in [5, 5.41) is 2.69. The number of anilines is 2. The summed E-state index contributed by atoms with van der Waals surface area (Å²) in [5.74, 6) is -1.57. The van der Waals surface area contributed by atoms with E-state index in [4.69, 9.17) is 0 Å². The molecule has 1 aromatic rings. The molecule has 1 N–H and O–H groups in total. The topological polar surface area (TPSA) is 90.0 Å². The van der Waals surface area contributed by atoms with E-state index >= 15 is 0 Å². The summed E-state index contributed by atoms with van der Waals surface area (Å²) in [6.45, 7) is 5.95. The average Bonchev–Trinajstić information content (AvgIpc) is 2.91. The third-order valence-corrected chi connectivity index (χ3v) is 5.47. The number of unbranched alkanes of at least 4 members (excludes halogenated alkanes) is 1. The minimum absolute atomic E-state index is 0.189. The Kier molecular flexibility index (Phi) is 6.51. The predicted octanol–water partition coefficient (Wildman–Crippen LogP) is 2.45. The lowest BCUT2D eigenvalue weighted by Gasteiger charge is -2.32. The Morgan fingerprint density at radius 2 is 1.66 bits per heavy atom. The van der Waals surface area contributed by atoms with Gasteiger partial charge in [0.25, 0.3) is 0 Å². The lowest BCUT2D eigenvalue weighted by molar-refractivity contribution is -0.143. The van der Waals surface area contributed by atoms with E-state index in [1.807, 2.05) is 19.1 Å². The van der Waals surface area contributed by atoms with Crippen molar-refractivity contribution in [3.63, 3.8) is 0 Å². The maximum absolute atomic E-state index is 12.3. The van der Waals surface area contributed by atoms with Gasteiger partial charge in [0.05, 0.1) is 0 Å². The molecule has 8 heteroatoms. The van der Waals surface area contributed by atoms with Gasteiger partial charge in [-0.15, -0.1) is 0 Å². The molecule has 0 saturated carbocycles. The number of nitrogens with one attached hydrogen (secondary N) is 1. The van der Waals surface area contributed by atoms with Gasteiger partial charge in [-0.3, -0.25) is 19.3 Å². The minimum atomic E-state index is -0.948. The van der Waals surface area contributed by atoms with Gasteiger partial charge in [-0.1, -0.05) is 20.3 Å². The number of carbonyl (C=O) groups is 4. The summed E-state index contributed by atoms with van der Waals surface area (Å²) in [4.78, 5) is 52.5. The molecule has 2 saturated heterocycles. The van der Waals surface area contributed by atoms with Crippen molar-refractivity contribution >= 4 is 35.1 Å². The number of hydrogen-bond acceptors (Lipinski definition) is 5. The van der Waals surface area contributed by atoms with Crippen LogP contribution in [0.3, 0.4) is 0 Å². The molecular weight excluding hydrogens is 372 g/mol. The van der Waals surface area contributed by atoms with Crippen LogP contribution in [0.2, 0.25) is 0 Å². The van der Waals surface area contributed by atoms with Crippen LogP contribution in [-0.4, -0.2) is 59.7 Å². The number of amides is 5. The fourth-order valence-corrected chi connectivity index (χ4v) is 3.57. The molecule has 2 aliphatic heterocycles. The van der Waals surface area contributed by atoms with Crippen molar-refractivity contribution in [1.29, 1.82) is 0 Å². The highest BCUT2D eigenvalue weighted by Crippen LogP contribution is 2.24. The number of rotatable bonds is 7. The molecule has 3 rings (SSSR count). The van der Waals surface area contributed by atoms with Crippen LogP contribution in [-0.2, 0) is 14.4 Å². The molecule has 156 valence electrons. The van der Waals surface area contributed by atoms with Gasteiger partial charge in [-0.25, -0.2) is 9.69 Å². The molecule has 0 aromatic heterocycles. The van der Waals surface area contributed by atoms with Crippen LogP contribution in [0.25, 0.3) is 0 Å². The van der Waals surface area contributed by atoms with Crippen LogP contribution in [0, 0.1) is 5.92 Å². The van der Waals surface area contributed by atoms with Crippen molar-refractivity contribution in [2.24, 2.45) is 5.92 Å². The molecule has 0 bridgehead atoms. The summed E-state index contributed by atoms with van der Waals surface area (Å²) in [5.41, 5.74) is 1.69. The molecule has 8 nitrogen and oxygen atoms in total. The number of imide groups is 2. The van der Waals surface area contributed by atoms with E-state index in [0.29, 0.717) is 17.0 Å². The quantitative estimate of drug-likeness (QED) is 0.561. The van der Waals surface area contributed by atoms with Gasteiger partial charge in [0.2, 0.25) is 5.91 Å². The van der Waals surface area contributed by atoms with Crippen LogP contribution < -0.4 is 10.2 Å². The van der Waals surface area contributed by atoms with E-state index in [1.54, 1.807) is 12.1 Å². The number of hydrogen-bond donors (Lipinski definition) is 1. The van der Waals surface area contributed by atoms with Crippen molar-refractivity contribution in [3.05, 3.63) is 24.3 Å². The second-order valence-corrected chi connectivity index (χ2v) is 7.75. The molecule has 2 fully saturated rings. The molecule has 0 radical (unpaired) electrons. The minimum Gasteiger partial charge on any atom is -0.372 e. The zero-order valence-corrected chi connectivity index (χ0v) is 17.0. The van der Waals surface area contributed by atoms with Gasteiger partial charge < -0.3 is 10.2 Å². The highest BCUT2D eigenvalue weighted by molar-refractivity contribution is 6.45. The van der Waals surface area contributed by atoms with Crippen LogP contribution in [0.4, 0.5) is 16.2 Å². The van der Waals surface area contributed by atoms with Crippen LogP contribution in [0.5, 0.6) is 0 Å². The molecule has 0 unspecified atom stereocenters. The first-order valence-electron chi connectivity index (χ1n) is 10.2. The highest BCUT2D eigenvalue weighted by Gasteiger charge is 2.44. The Labute approximate surface area is 170 Å². The lowest BCUT2D eigenvalue weighted by atomic mass is 9.99. The van der Waals surface area contributed by atoms with E-state index in [0.717, 1.165) is 36.0 Å². The summed E-state index contributed by atoms with van der Waals surface area (Å²) in [6.07, 6.45) is 3.75. The van der Waals surface area contributed by atoms with Gasteiger partial charge in [-0.2, -0.15) is 0 Å². The van der Waals surface area contributed by atoms with Crippen molar-refractivity contribution in [2.75, 3.05) is 36.4 Å². The zero-order chi connectivity index (χ0) is 21.0. The van der Waals surface area contributed by atoms with E-state index in [1.165, 1.54) is 12.8 Å². The standard InChI is InChI=1S/C21H28N4O4/c1-3-4-11-24-19(27)20(28)25(21(24)29)14-18(26)22-16-5-7-17(8-6-16)23-12-9-15(2)10-13-23/h5-8,15H,3-4,9-14H2,1-2H3,(H,22,26). The molecule has 0 spiro atoms. The second-order valence-electron chi connectivity index (χ2n) is 7.75. The fraction of sp³-hybridized carbons (Fsp3) is 0.524. The molecule has 5 amide bonds. The number of urea groups is 1. The van der Waals surface area contributed by atoms with Crippen LogP contribution in [0.15, 0.2) is 24.3 Å². The number of carbonyl (C=O) groups excluding carboxylic acids is 4. The van der Waals surface area contributed by atoms with Crippen molar-refractivity contribution in [3.8, 4) is 0 Å². The Morgan fingerprint density at radius 1 is 1.03 bits per heavy atom. The maximum atomic E-state index is 12.3. The van der Waals surface area contributed by atoms with Gasteiger partial charge in [0.1, 0.15) is 6.54 Å². The first-order chi connectivity index (χ1) is 13.9. The third kappa shape index (κ3) is 4.75. The summed E-state index contributed by atoms with van der Waals surface area (Å²) < 4.78 is 0. The lowest BCUT2D eigenvalue weighted by Crippen LogP contribution is -2.39. The van der Waals surface area contributed by atoms with E-state index in [9.17, 15) is 19.2 Å². The van der Waals surface area contributed by atoms with Gasteiger partial charge in [0, 0.05) is 31.0 Å². The normalized spacial score (nSPS) is 18.0. The smallest absolute Gasteiger partial charge is 0.334 e. The van der Waals surface area contributed by atoms with Gasteiger partial charge in [-0.05, 0) is 49.4 Å². The second kappa shape index (κ2) is 9.07. The molecule has 2 aliphatic rings. The Hall–Kier alpha value is -2.90. The summed E-state index contributed by atoms with van der Waals surface area (Å²) in [6, 6.07) is 6.79. The van der Waals surface area contributed by atoms with E-state index < -0.39 is 30.3 Å². The Balaban J connectivity index is 1.56. The number of benzene rings is 1. The molecule has 0 aliphatic carbocycles. The Morgan fingerprint density at radius 3 is 2.28 bits per heavy atom. The largest absolute Gasteiger partial charge is 0.372 e.